The molecule has 1 N–H and O–H groups in total. The highest BCUT2D eigenvalue weighted by Gasteiger charge is 2.21. The van der Waals surface area contributed by atoms with Crippen molar-refractivity contribution in [3.63, 3.8) is 0 Å². The Bertz CT molecular complexity index is 674. The van der Waals surface area contributed by atoms with Gasteiger partial charge in [-0.1, -0.05) is 60.7 Å². The van der Waals surface area contributed by atoms with Gasteiger partial charge in [-0.2, -0.15) is 5.26 Å². The van der Waals surface area contributed by atoms with Gasteiger partial charge in [-0.3, -0.25) is 9.88 Å². The molecular weight excluding hydrogens is 319 g/mol. The van der Waals surface area contributed by atoms with Crippen LogP contribution < -0.4 is 5.32 Å². The molecule has 0 amide bonds. The number of nitriles is 1. The number of rotatable bonds is 8. The molecule has 2 unspecified atom stereocenters. The van der Waals surface area contributed by atoms with E-state index in [1.807, 2.05) is 60.7 Å². The molecule has 2 atom stereocenters. The highest BCUT2D eigenvalue weighted by Crippen LogP contribution is 2.42. The fourth-order valence-corrected chi connectivity index (χ4v) is 3.43. The second-order valence-corrected chi connectivity index (χ2v) is 8.65. The van der Waals surface area contributed by atoms with Crippen molar-refractivity contribution in [2.24, 2.45) is 0 Å². The van der Waals surface area contributed by atoms with Crippen molar-refractivity contribution >= 4 is 7.37 Å². The summed E-state index contributed by atoms with van der Waals surface area (Å²) in [5, 5.41) is 12.9. The van der Waals surface area contributed by atoms with Gasteiger partial charge >= 0.3 is 0 Å². The van der Waals surface area contributed by atoms with E-state index in [0.717, 1.165) is 11.1 Å². The summed E-state index contributed by atoms with van der Waals surface area (Å²) in [6.07, 6.45) is 0.860. The second-order valence-electron chi connectivity index (χ2n) is 5.81. The first-order valence-electron chi connectivity index (χ1n) is 7.93. The zero-order valence-corrected chi connectivity index (χ0v) is 14.9. The van der Waals surface area contributed by atoms with Crippen molar-refractivity contribution in [2.75, 3.05) is 19.9 Å². The van der Waals surface area contributed by atoms with E-state index in [2.05, 4.69) is 11.4 Å². The third kappa shape index (κ3) is 5.32. The van der Waals surface area contributed by atoms with Crippen molar-refractivity contribution in [2.45, 2.75) is 18.5 Å². The Morgan fingerprint density at radius 2 is 1.58 bits per heavy atom. The van der Waals surface area contributed by atoms with Crippen LogP contribution in [0.3, 0.4) is 0 Å². The van der Waals surface area contributed by atoms with E-state index in [-0.39, 0.29) is 6.04 Å². The predicted octanol–water partition coefficient (Wildman–Crippen LogP) is 4.20. The molecule has 0 aliphatic rings. The molecule has 2 rings (SSSR count). The largest absolute Gasteiger partial charge is 0.332 e. The first-order valence-corrected chi connectivity index (χ1v) is 10.2. The van der Waals surface area contributed by atoms with E-state index in [9.17, 15) is 9.83 Å². The smallest absolute Gasteiger partial charge is 0.200 e. The van der Waals surface area contributed by atoms with Crippen LogP contribution in [0.5, 0.6) is 0 Å². The molecule has 0 heterocycles. The van der Waals surface area contributed by atoms with Gasteiger partial charge in [0.15, 0.2) is 7.37 Å². The van der Waals surface area contributed by atoms with Crippen molar-refractivity contribution in [1.29, 1.82) is 5.26 Å². The molecule has 0 saturated heterocycles. The molecule has 24 heavy (non-hydrogen) atoms. The van der Waals surface area contributed by atoms with Crippen LogP contribution in [0, 0.1) is 11.3 Å². The lowest BCUT2D eigenvalue weighted by Gasteiger charge is -2.23. The van der Waals surface area contributed by atoms with Gasteiger partial charge in [0.1, 0.15) is 0 Å². The number of nitrogens with zero attached hydrogens (tertiary/aromatic N) is 1. The highest BCUT2D eigenvalue weighted by molar-refractivity contribution is 7.58. The van der Waals surface area contributed by atoms with E-state index in [4.69, 9.17) is 4.52 Å². The van der Waals surface area contributed by atoms with Crippen LogP contribution in [0.25, 0.3) is 0 Å². The first kappa shape index (κ1) is 18.4. The van der Waals surface area contributed by atoms with Crippen LogP contribution in [0.15, 0.2) is 60.7 Å². The highest BCUT2D eigenvalue weighted by atomic mass is 31.2. The Balaban J connectivity index is 2.19. The van der Waals surface area contributed by atoms with Gasteiger partial charge in [0.25, 0.3) is 0 Å². The summed E-state index contributed by atoms with van der Waals surface area (Å²) in [5.74, 6) is 0. The van der Waals surface area contributed by atoms with Crippen LogP contribution in [0.1, 0.15) is 23.6 Å². The standard InChI is InChI=1S/C19H23N2O2P/c1-23-24(2,22)14-13-18(15-20)21-19(16-9-5-3-6-10-16)17-11-7-4-8-12-17/h3-12,18-19,21H,13-14H2,1-2H3. The normalized spacial score (nSPS) is 14.8. The molecular formula is C19H23N2O2P. The van der Waals surface area contributed by atoms with Gasteiger partial charge in [-0.25, -0.2) is 0 Å². The molecule has 5 heteroatoms. The van der Waals surface area contributed by atoms with E-state index in [0.29, 0.717) is 12.6 Å². The van der Waals surface area contributed by atoms with Crippen LogP contribution in [0.4, 0.5) is 0 Å². The zero-order valence-electron chi connectivity index (χ0n) is 14.1. The summed E-state index contributed by atoms with van der Waals surface area (Å²) >= 11 is 0. The van der Waals surface area contributed by atoms with Crippen molar-refractivity contribution in [1.82, 2.24) is 5.32 Å². The minimum atomic E-state index is -2.62. The minimum Gasteiger partial charge on any atom is -0.332 e. The topological polar surface area (TPSA) is 62.1 Å². The molecule has 2 aromatic carbocycles. The summed E-state index contributed by atoms with van der Waals surface area (Å²) in [6.45, 7) is 1.60. The third-order valence-electron chi connectivity index (χ3n) is 4.00. The van der Waals surface area contributed by atoms with Crippen LogP contribution in [-0.4, -0.2) is 26.0 Å². The molecule has 2 aromatic rings. The van der Waals surface area contributed by atoms with Gasteiger partial charge in [0, 0.05) is 19.9 Å². The second kappa shape index (κ2) is 8.80. The summed E-state index contributed by atoms with van der Waals surface area (Å²) in [5.41, 5.74) is 2.19. The minimum absolute atomic E-state index is 0.0872. The van der Waals surface area contributed by atoms with Crippen LogP contribution in [0.2, 0.25) is 0 Å². The molecule has 4 nitrogen and oxygen atoms in total. The maximum Gasteiger partial charge on any atom is 0.200 e. The predicted molar refractivity (Wildman–Crippen MR) is 97.3 cm³/mol. The lowest BCUT2D eigenvalue weighted by atomic mass is 9.97. The van der Waals surface area contributed by atoms with Crippen LogP contribution in [-0.2, 0) is 9.09 Å². The third-order valence-corrected chi connectivity index (χ3v) is 5.84. The molecule has 0 fully saturated rings. The lowest BCUT2D eigenvalue weighted by Crippen LogP contribution is -2.33. The van der Waals surface area contributed by atoms with E-state index in [1.54, 1.807) is 6.66 Å². The molecule has 0 saturated carbocycles. The summed E-state index contributed by atoms with van der Waals surface area (Å²) in [6, 6.07) is 21.8. The molecule has 126 valence electrons. The maximum absolute atomic E-state index is 12.1. The fraction of sp³-hybridized carbons (Fsp3) is 0.316. The fourth-order valence-electron chi connectivity index (χ4n) is 2.52. The Hall–Kier alpha value is -1.92. The molecule has 0 aliphatic carbocycles. The average molecular weight is 342 g/mol. The van der Waals surface area contributed by atoms with Gasteiger partial charge in [0.2, 0.25) is 0 Å². The zero-order chi connectivity index (χ0) is 17.4. The van der Waals surface area contributed by atoms with Crippen molar-refractivity contribution in [3.8, 4) is 6.07 Å². The van der Waals surface area contributed by atoms with E-state index >= 15 is 0 Å². The number of hydrogen-bond donors (Lipinski definition) is 1. The Morgan fingerprint density at radius 1 is 1.08 bits per heavy atom. The molecule has 0 aliphatic heterocycles. The Labute approximate surface area is 143 Å². The van der Waals surface area contributed by atoms with Gasteiger partial charge < -0.3 is 4.52 Å². The molecule has 0 radical (unpaired) electrons. The Morgan fingerprint density at radius 3 is 2.00 bits per heavy atom. The average Bonchev–Trinajstić information content (AvgIpc) is 2.63. The summed E-state index contributed by atoms with van der Waals surface area (Å²) in [4.78, 5) is 0. The van der Waals surface area contributed by atoms with E-state index < -0.39 is 13.4 Å². The van der Waals surface area contributed by atoms with E-state index in [1.165, 1.54) is 7.11 Å². The van der Waals surface area contributed by atoms with Gasteiger partial charge in [0.05, 0.1) is 18.2 Å². The SMILES string of the molecule is COP(C)(=O)CCC(C#N)NC(c1ccccc1)c1ccccc1. The Kier molecular flexibility index (Phi) is 6.75. The van der Waals surface area contributed by atoms with Crippen molar-refractivity contribution < 1.29 is 9.09 Å². The number of hydrogen-bond acceptors (Lipinski definition) is 4. The maximum atomic E-state index is 12.1. The summed E-state index contributed by atoms with van der Waals surface area (Å²) in [7, 11) is -1.17. The lowest BCUT2D eigenvalue weighted by molar-refractivity contribution is 0.395. The first-order chi connectivity index (χ1) is 11.6. The molecule has 0 spiro atoms. The quantitative estimate of drug-likeness (QED) is 0.730. The monoisotopic (exact) mass is 342 g/mol. The van der Waals surface area contributed by atoms with Crippen LogP contribution >= 0.6 is 7.37 Å². The summed E-state index contributed by atoms with van der Waals surface area (Å²) < 4.78 is 17.1. The number of nitrogens with one attached hydrogen (secondary N) is 1. The van der Waals surface area contributed by atoms with Gasteiger partial charge in [-0.05, 0) is 17.5 Å². The molecule has 0 bridgehead atoms. The van der Waals surface area contributed by atoms with Crippen molar-refractivity contribution in [3.05, 3.63) is 71.8 Å². The number of benzene rings is 2. The van der Waals surface area contributed by atoms with Gasteiger partial charge in [-0.15, -0.1) is 0 Å². The molecule has 0 aromatic heterocycles.